The molecule has 0 unspecified atom stereocenters. The van der Waals surface area contributed by atoms with E-state index in [1.54, 1.807) is 24.5 Å². The summed E-state index contributed by atoms with van der Waals surface area (Å²) in [7, 11) is 0. The second kappa shape index (κ2) is 6.86. The molecule has 1 saturated heterocycles. The van der Waals surface area contributed by atoms with Gasteiger partial charge in [0.05, 0.1) is 11.3 Å². The van der Waals surface area contributed by atoms with E-state index in [0.29, 0.717) is 17.7 Å². The molecule has 5 nitrogen and oxygen atoms in total. The van der Waals surface area contributed by atoms with Crippen molar-refractivity contribution in [3.05, 3.63) is 48.7 Å². The maximum atomic E-state index is 13.4. The summed E-state index contributed by atoms with van der Waals surface area (Å²) in [5.74, 6) is 2.39. The molecule has 0 bridgehead atoms. The molecule has 0 spiro atoms. The summed E-state index contributed by atoms with van der Waals surface area (Å²) in [6, 6.07) is 6.40. The van der Waals surface area contributed by atoms with E-state index < -0.39 is 0 Å². The first-order valence-corrected chi connectivity index (χ1v) is 8.98. The van der Waals surface area contributed by atoms with E-state index in [1.165, 1.54) is 18.6 Å². The monoisotopic (exact) mass is 351 g/mol. The van der Waals surface area contributed by atoms with Crippen LogP contribution in [0.3, 0.4) is 0 Å². The standard InChI is InChI=1S/C20H22FN5/c1-13-9-14(2)12-26(11-13)20-24-10-17(19-22-7-8-23-19)18(25-20)15-3-5-16(21)6-4-15/h3-8,10,13-14H,9,11-12H2,1-2H3,(H,22,23)/t13-,14-/m0/s1. The van der Waals surface area contributed by atoms with Gasteiger partial charge in [-0.3, -0.25) is 0 Å². The lowest BCUT2D eigenvalue weighted by Crippen LogP contribution is -2.39. The number of halogens is 1. The number of piperidine rings is 1. The quantitative estimate of drug-likeness (QED) is 0.770. The number of nitrogens with zero attached hydrogens (tertiary/aromatic N) is 4. The van der Waals surface area contributed by atoms with Gasteiger partial charge in [-0.2, -0.15) is 0 Å². The Morgan fingerprint density at radius 3 is 2.46 bits per heavy atom. The van der Waals surface area contributed by atoms with Gasteiger partial charge in [0, 0.05) is 37.2 Å². The van der Waals surface area contributed by atoms with E-state index in [-0.39, 0.29) is 5.82 Å². The van der Waals surface area contributed by atoms with E-state index >= 15 is 0 Å². The maximum Gasteiger partial charge on any atom is 0.225 e. The third-order valence-corrected chi connectivity index (χ3v) is 4.80. The number of anilines is 1. The Bertz CT molecular complexity index is 866. The van der Waals surface area contributed by atoms with Crippen LogP contribution in [-0.2, 0) is 0 Å². The van der Waals surface area contributed by atoms with Gasteiger partial charge >= 0.3 is 0 Å². The van der Waals surface area contributed by atoms with Crippen LogP contribution in [0, 0.1) is 17.7 Å². The minimum atomic E-state index is -0.263. The number of H-pyrrole nitrogens is 1. The molecule has 0 amide bonds. The topological polar surface area (TPSA) is 57.7 Å². The lowest BCUT2D eigenvalue weighted by molar-refractivity contribution is 0.353. The Kier molecular flexibility index (Phi) is 4.41. The number of aromatic amines is 1. The predicted molar refractivity (Wildman–Crippen MR) is 100 cm³/mol. The van der Waals surface area contributed by atoms with Crippen molar-refractivity contribution in [2.75, 3.05) is 18.0 Å². The van der Waals surface area contributed by atoms with Gasteiger partial charge in [0.15, 0.2) is 0 Å². The second-order valence-electron chi connectivity index (χ2n) is 7.23. The summed E-state index contributed by atoms with van der Waals surface area (Å²) in [6.45, 7) is 6.43. The number of aromatic nitrogens is 4. The van der Waals surface area contributed by atoms with E-state index in [1.807, 2.05) is 6.20 Å². The average molecular weight is 351 g/mol. The Balaban J connectivity index is 1.79. The zero-order valence-corrected chi connectivity index (χ0v) is 15.0. The van der Waals surface area contributed by atoms with Crippen molar-refractivity contribution >= 4 is 5.95 Å². The van der Waals surface area contributed by atoms with Crippen LogP contribution in [0.25, 0.3) is 22.6 Å². The summed E-state index contributed by atoms with van der Waals surface area (Å²) in [5.41, 5.74) is 2.42. The fraction of sp³-hybridized carbons (Fsp3) is 0.350. The van der Waals surface area contributed by atoms with Gasteiger partial charge in [0.25, 0.3) is 0 Å². The van der Waals surface area contributed by atoms with Gasteiger partial charge < -0.3 is 9.88 Å². The molecule has 1 fully saturated rings. The van der Waals surface area contributed by atoms with Gasteiger partial charge in [-0.15, -0.1) is 0 Å². The van der Waals surface area contributed by atoms with Gasteiger partial charge in [-0.05, 0) is 42.5 Å². The van der Waals surface area contributed by atoms with Crippen LogP contribution < -0.4 is 4.90 Å². The fourth-order valence-corrected chi connectivity index (χ4v) is 3.76. The smallest absolute Gasteiger partial charge is 0.225 e. The molecule has 134 valence electrons. The average Bonchev–Trinajstić information content (AvgIpc) is 3.15. The molecular weight excluding hydrogens is 329 g/mol. The van der Waals surface area contributed by atoms with Crippen LogP contribution in [0.4, 0.5) is 10.3 Å². The lowest BCUT2D eigenvalue weighted by atomic mass is 9.92. The molecule has 0 saturated carbocycles. The molecule has 1 aromatic carbocycles. The van der Waals surface area contributed by atoms with Crippen molar-refractivity contribution in [3.8, 4) is 22.6 Å². The number of hydrogen-bond donors (Lipinski definition) is 1. The summed E-state index contributed by atoms with van der Waals surface area (Å²) >= 11 is 0. The molecule has 1 aliphatic rings. The largest absolute Gasteiger partial charge is 0.345 e. The molecule has 0 aliphatic carbocycles. The molecule has 2 atom stereocenters. The number of nitrogens with one attached hydrogen (secondary N) is 1. The summed E-state index contributed by atoms with van der Waals surface area (Å²) in [4.78, 5) is 19.2. The van der Waals surface area contributed by atoms with Crippen molar-refractivity contribution in [1.82, 2.24) is 19.9 Å². The van der Waals surface area contributed by atoms with Gasteiger partial charge in [-0.25, -0.2) is 19.3 Å². The highest BCUT2D eigenvalue weighted by Crippen LogP contribution is 2.31. The number of benzene rings is 1. The van der Waals surface area contributed by atoms with E-state index in [0.717, 1.165) is 35.9 Å². The zero-order valence-electron chi connectivity index (χ0n) is 15.0. The van der Waals surface area contributed by atoms with Gasteiger partial charge in [-0.1, -0.05) is 13.8 Å². The van der Waals surface area contributed by atoms with E-state index in [4.69, 9.17) is 4.98 Å². The van der Waals surface area contributed by atoms with Gasteiger partial charge in [0.2, 0.25) is 5.95 Å². The third kappa shape index (κ3) is 3.31. The number of hydrogen-bond acceptors (Lipinski definition) is 4. The molecular formula is C20H22FN5. The van der Waals surface area contributed by atoms with Crippen molar-refractivity contribution in [2.24, 2.45) is 11.8 Å². The third-order valence-electron chi connectivity index (χ3n) is 4.80. The first-order chi connectivity index (χ1) is 12.6. The molecule has 4 rings (SSSR count). The molecule has 0 radical (unpaired) electrons. The zero-order chi connectivity index (χ0) is 18.1. The van der Waals surface area contributed by atoms with E-state index in [2.05, 4.69) is 33.7 Å². The Morgan fingerprint density at radius 1 is 1.08 bits per heavy atom. The van der Waals surface area contributed by atoms with Crippen molar-refractivity contribution in [3.63, 3.8) is 0 Å². The SMILES string of the molecule is C[C@H]1C[C@H](C)CN(c2ncc(-c3ncc[nH]3)c(-c3ccc(F)cc3)n2)C1. The van der Waals surface area contributed by atoms with Crippen LogP contribution in [0.15, 0.2) is 42.9 Å². The highest BCUT2D eigenvalue weighted by molar-refractivity contribution is 5.77. The molecule has 1 aliphatic heterocycles. The lowest BCUT2D eigenvalue weighted by Gasteiger charge is -2.35. The summed E-state index contributed by atoms with van der Waals surface area (Å²) in [6.07, 6.45) is 6.51. The van der Waals surface area contributed by atoms with E-state index in [9.17, 15) is 4.39 Å². The minimum Gasteiger partial charge on any atom is -0.345 e. The van der Waals surface area contributed by atoms with Crippen molar-refractivity contribution in [2.45, 2.75) is 20.3 Å². The highest BCUT2D eigenvalue weighted by Gasteiger charge is 2.25. The van der Waals surface area contributed by atoms with Crippen LogP contribution in [-0.4, -0.2) is 33.0 Å². The normalized spacial score (nSPS) is 20.3. The molecule has 26 heavy (non-hydrogen) atoms. The second-order valence-corrected chi connectivity index (χ2v) is 7.23. The Labute approximate surface area is 152 Å². The van der Waals surface area contributed by atoms with Crippen LogP contribution in [0.1, 0.15) is 20.3 Å². The van der Waals surface area contributed by atoms with Gasteiger partial charge in [0.1, 0.15) is 11.6 Å². The van der Waals surface area contributed by atoms with Crippen LogP contribution in [0.2, 0.25) is 0 Å². The van der Waals surface area contributed by atoms with Crippen LogP contribution >= 0.6 is 0 Å². The van der Waals surface area contributed by atoms with Crippen molar-refractivity contribution < 1.29 is 4.39 Å². The molecule has 2 aromatic heterocycles. The number of rotatable bonds is 3. The molecule has 3 aromatic rings. The molecule has 6 heteroatoms. The highest BCUT2D eigenvalue weighted by atomic mass is 19.1. The maximum absolute atomic E-state index is 13.4. The fourth-order valence-electron chi connectivity index (χ4n) is 3.76. The Hall–Kier alpha value is -2.76. The van der Waals surface area contributed by atoms with Crippen LogP contribution in [0.5, 0.6) is 0 Å². The number of imidazole rings is 1. The minimum absolute atomic E-state index is 0.263. The summed E-state index contributed by atoms with van der Waals surface area (Å²) < 4.78 is 13.4. The first-order valence-electron chi connectivity index (χ1n) is 8.98. The Morgan fingerprint density at radius 2 is 1.81 bits per heavy atom. The summed E-state index contributed by atoms with van der Waals surface area (Å²) in [5, 5.41) is 0. The molecule has 3 heterocycles. The molecule has 1 N–H and O–H groups in total. The predicted octanol–water partition coefficient (Wildman–Crippen LogP) is 4.16. The van der Waals surface area contributed by atoms with Crippen molar-refractivity contribution in [1.29, 1.82) is 0 Å². The first kappa shape index (κ1) is 16.7.